The Balaban J connectivity index is 1.82. The Bertz CT molecular complexity index is 562. The van der Waals surface area contributed by atoms with Crippen molar-refractivity contribution in [2.45, 2.75) is 52.1 Å². The van der Waals surface area contributed by atoms with Gasteiger partial charge in [-0.3, -0.25) is 9.69 Å². The van der Waals surface area contributed by atoms with Gasteiger partial charge in [0.1, 0.15) is 18.0 Å². The van der Waals surface area contributed by atoms with Crippen LogP contribution in [0.25, 0.3) is 0 Å². The molecule has 1 aliphatic rings. The molecule has 158 valence electrons. The van der Waals surface area contributed by atoms with Crippen LogP contribution in [0.2, 0.25) is 0 Å². The number of hydrogen-bond acceptors (Lipinski definition) is 5. The van der Waals surface area contributed by atoms with Gasteiger partial charge in [0.25, 0.3) is 5.91 Å². The second-order valence-electron chi connectivity index (χ2n) is 7.46. The van der Waals surface area contributed by atoms with Crippen molar-refractivity contribution in [2.24, 2.45) is 0 Å². The van der Waals surface area contributed by atoms with Gasteiger partial charge < -0.3 is 19.5 Å². The second kappa shape index (κ2) is 12.0. The fraction of sp³-hybridized carbons (Fsp3) is 0.682. The predicted octanol–water partition coefficient (Wildman–Crippen LogP) is 3.71. The van der Waals surface area contributed by atoms with E-state index in [9.17, 15) is 4.79 Å². The highest BCUT2D eigenvalue weighted by Crippen LogP contribution is 2.23. The van der Waals surface area contributed by atoms with Crippen LogP contribution < -0.4 is 10.1 Å². The summed E-state index contributed by atoms with van der Waals surface area (Å²) in [6.07, 6.45) is 3.61. The summed E-state index contributed by atoms with van der Waals surface area (Å²) in [6.45, 7) is 11.7. The van der Waals surface area contributed by atoms with E-state index in [1.807, 2.05) is 31.2 Å². The van der Waals surface area contributed by atoms with Crippen LogP contribution >= 0.6 is 0 Å². The summed E-state index contributed by atoms with van der Waals surface area (Å²) in [6, 6.07) is 7.54. The van der Waals surface area contributed by atoms with Crippen LogP contribution in [0.4, 0.5) is 5.69 Å². The summed E-state index contributed by atoms with van der Waals surface area (Å²) >= 11 is 0. The zero-order chi connectivity index (χ0) is 20.2. The molecule has 1 saturated heterocycles. The lowest BCUT2D eigenvalue weighted by molar-refractivity contribution is -0.140. The zero-order valence-corrected chi connectivity index (χ0v) is 17.7. The molecule has 6 heteroatoms. The Kier molecular flexibility index (Phi) is 9.75. The number of morpholine rings is 1. The minimum absolute atomic E-state index is 0.0876. The van der Waals surface area contributed by atoms with Gasteiger partial charge in [0.15, 0.2) is 0 Å². The maximum Gasteiger partial charge on any atom is 0.256 e. The molecule has 0 spiro atoms. The average molecular weight is 393 g/mol. The summed E-state index contributed by atoms with van der Waals surface area (Å²) in [5.74, 6) is 0.720. The lowest BCUT2D eigenvalue weighted by Crippen LogP contribution is -2.43. The quantitative estimate of drug-likeness (QED) is 0.588. The number of anilines is 1. The molecule has 1 heterocycles. The summed E-state index contributed by atoms with van der Waals surface area (Å²) < 4.78 is 17.1. The van der Waals surface area contributed by atoms with Crippen molar-refractivity contribution in [3.63, 3.8) is 0 Å². The topological polar surface area (TPSA) is 60.0 Å². The van der Waals surface area contributed by atoms with Gasteiger partial charge in [0.2, 0.25) is 0 Å². The first kappa shape index (κ1) is 22.7. The number of carbonyl (C=O) groups excluding carboxylic acids is 1. The van der Waals surface area contributed by atoms with E-state index in [0.29, 0.717) is 13.2 Å². The van der Waals surface area contributed by atoms with E-state index in [4.69, 9.17) is 14.2 Å². The van der Waals surface area contributed by atoms with Crippen molar-refractivity contribution in [2.75, 3.05) is 51.4 Å². The van der Waals surface area contributed by atoms with Crippen molar-refractivity contribution in [3.8, 4) is 5.75 Å². The van der Waals surface area contributed by atoms with Crippen LogP contribution in [0, 0.1) is 0 Å². The number of hydrogen-bond donors (Lipinski definition) is 1. The molecular weight excluding hydrogens is 356 g/mol. The SMILES string of the molecule is CCCCC(C)(OCCC)C(=O)Nc1ccc(OCCN2CCOCC2)cc1. The molecule has 1 N–H and O–H groups in total. The lowest BCUT2D eigenvalue weighted by Gasteiger charge is -2.28. The summed E-state index contributed by atoms with van der Waals surface area (Å²) in [4.78, 5) is 15.1. The van der Waals surface area contributed by atoms with Gasteiger partial charge in [-0.15, -0.1) is 0 Å². The predicted molar refractivity (Wildman–Crippen MR) is 112 cm³/mol. The normalized spacial score (nSPS) is 17.1. The lowest BCUT2D eigenvalue weighted by atomic mass is 9.97. The molecule has 0 aromatic heterocycles. The molecule has 6 nitrogen and oxygen atoms in total. The molecule has 28 heavy (non-hydrogen) atoms. The van der Waals surface area contributed by atoms with Crippen LogP contribution in [0.3, 0.4) is 0 Å². The molecule has 1 fully saturated rings. The monoisotopic (exact) mass is 392 g/mol. The fourth-order valence-electron chi connectivity index (χ4n) is 3.11. The van der Waals surface area contributed by atoms with Crippen LogP contribution in [0.15, 0.2) is 24.3 Å². The van der Waals surface area contributed by atoms with Gasteiger partial charge >= 0.3 is 0 Å². The first-order valence-electron chi connectivity index (χ1n) is 10.6. The molecule has 1 atom stereocenters. The van der Waals surface area contributed by atoms with Gasteiger partial charge in [-0.05, 0) is 44.0 Å². The molecule has 1 unspecified atom stereocenters. The smallest absolute Gasteiger partial charge is 0.256 e. The highest BCUT2D eigenvalue weighted by atomic mass is 16.5. The average Bonchev–Trinajstić information content (AvgIpc) is 2.72. The van der Waals surface area contributed by atoms with E-state index in [2.05, 4.69) is 24.1 Å². The first-order valence-corrected chi connectivity index (χ1v) is 10.6. The van der Waals surface area contributed by atoms with Gasteiger partial charge in [-0.25, -0.2) is 0 Å². The molecule has 2 rings (SSSR count). The van der Waals surface area contributed by atoms with Gasteiger partial charge in [-0.2, -0.15) is 0 Å². The minimum atomic E-state index is -0.792. The molecule has 0 bridgehead atoms. The molecule has 0 saturated carbocycles. The van der Waals surface area contributed by atoms with Crippen molar-refractivity contribution in [3.05, 3.63) is 24.3 Å². The summed E-state index contributed by atoms with van der Waals surface area (Å²) in [5, 5.41) is 2.99. The van der Waals surface area contributed by atoms with Crippen molar-refractivity contribution in [1.29, 1.82) is 0 Å². The first-order chi connectivity index (χ1) is 13.6. The Labute approximate surface area is 169 Å². The number of carbonyl (C=O) groups is 1. The number of nitrogens with one attached hydrogen (secondary N) is 1. The molecule has 1 amide bonds. The number of rotatable bonds is 12. The highest BCUT2D eigenvalue weighted by molar-refractivity contribution is 5.97. The van der Waals surface area contributed by atoms with Crippen LogP contribution in [0.5, 0.6) is 5.75 Å². The Morgan fingerprint density at radius 3 is 2.50 bits per heavy atom. The number of nitrogens with zero attached hydrogens (tertiary/aromatic N) is 1. The number of benzene rings is 1. The van der Waals surface area contributed by atoms with Crippen molar-refractivity contribution < 1.29 is 19.0 Å². The summed E-state index contributed by atoms with van der Waals surface area (Å²) in [7, 11) is 0. The molecule has 0 aliphatic carbocycles. The van der Waals surface area contributed by atoms with Gasteiger partial charge in [0.05, 0.1) is 13.2 Å². The van der Waals surface area contributed by atoms with Crippen LogP contribution in [0.1, 0.15) is 46.5 Å². The number of ether oxygens (including phenoxy) is 3. The highest BCUT2D eigenvalue weighted by Gasteiger charge is 2.33. The third kappa shape index (κ3) is 7.41. The van der Waals surface area contributed by atoms with E-state index in [0.717, 1.165) is 70.0 Å². The van der Waals surface area contributed by atoms with E-state index in [1.165, 1.54) is 0 Å². The van der Waals surface area contributed by atoms with E-state index in [-0.39, 0.29) is 5.91 Å². The minimum Gasteiger partial charge on any atom is -0.492 e. The third-order valence-corrected chi connectivity index (χ3v) is 5.00. The Hall–Kier alpha value is -1.63. The maximum atomic E-state index is 12.8. The summed E-state index contributed by atoms with van der Waals surface area (Å²) in [5.41, 5.74) is -0.0346. The molecule has 1 aliphatic heterocycles. The van der Waals surface area contributed by atoms with Gasteiger partial charge in [-0.1, -0.05) is 26.7 Å². The van der Waals surface area contributed by atoms with E-state index in [1.54, 1.807) is 0 Å². The zero-order valence-electron chi connectivity index (χ0n) is 17.7. The maximum absolute atomic E-state index is 12.8. The van der Waals surface area contributed by atoms with Gasteiger partial charge in [0, 0.05) is 31.9 Å². The van der Waals surface area contributed by atoms with Crippen LogP contribution in [-0.2, 0) is 14.3 Å². The van der Waals surface area contributed by atoms with Crippen LogP contribution in [-0.4, -0.2) is 62.5 Å². The van der Waals surface area contributed by atoms with E-state index >= 15 is 0 Å². The molecule has 1 aromatic rings. The standard InChI is InChI=1S/C22H36N2O4/c1-4-6-11-22(3,28-15-5-2)21(25)23-19-7-9-20(10-8-19)27-18-14-24-12-16-26-17-13-24/h7-10H,4-6,11-18H2,1-3H3,(H,23,25). The molecular formula is C22H36N2O4. The Morgan fingerprint density at radius 2 is 1.86 bits per heavy atom. The second-order valence-corrected chi connectivity index (χ2v) is 7.46. The van der Waals surface area contributed by atoms with Crippen molar-refractivity contribution >= 4 is 11.6 Å². The van der Waals surface area contributed by atoms with Crippen molar-refractivity contribution in [1.82, 2.24) is 4.90 Å². The number of amides is 1. The molecule has 1 aromatic carbocycles. The van der Waals surface area contributed by atoms with E-state index < -0.39 is 5.60 Å². The number of unbranched alkanes of at least 4 members (excludes halogenated alkanes) is 1. The Morgan fingerprint density at radius 1 is 1.14 bits per heavy atom. The largest absolute Gasteiger partial charge is 0.492 e. The third-order valence-electron chi connectivity index (χ3n) is 5.00. The molecule has 0 radical (unpaired) electrons. The fourth-order valence-corrected chi connectivity index (χ4v) is 3.11.